The Labute approximate surface area is 122 Å². The smallest absolute Gasteiger partial charge is 0.242 e. The fourth-order valence-electron chi connectivity index (χ4n) is 1.72. The van der Waals surface area contributed by atoms with Gasteiger partial charge in [0.1, 0.15) is 0 Å². The number of carbonyl (C=O) groups is 1. The number of carbonyl (C=O) groups excluding carboxylic acids is 1. The molecule has 0 atom stereocenters. The van der Waals surface area contributed by atoms with Crippen molar-refractivity contribution < 1.29 is 14.6 Å². The van der Waals surface area contributed by atoms with Crippen LogP contribution in [-0.4, -0.2) is 11.0 Å². The molecule has 0 aliphatic carbocycles. The quantitative estimate of drug-likeness (QED) is 0.737. The second-order valence-electron chi connectivity index (χ2n) is 4.45. The first-order valence-electron chi connectivity index (χ1n) is 6.35. The lowest BCUT2D eigenvalue weighted by Gasteiger charge is -2.12. The van der Waals surface area contributed by atoms with Crippen molar-refractivity contribution in [3.63, 3.8) is 0 Å². The monoisotopic (exact) mass is 284 g/mol. The number of amides is 1. The molecule has 0 unspecified atom stereocenters. The minimum Gasteiger partial charge on any atom is -0.504 e. The summed E-state index contributed by atoms with van der Waals surface area (Å²) in [5.74, 6) is 0.397. The zero-order valence-corrected chi connectivity index (χ0v) is 11.5. The first-order valence-corrected chi connectivity index (χ1v) is 6.35. The van der Waals surface area contributed by atoms with Gasteiger partial charge in [0.25, 0.3) is 0 Å². The third-order valence-corrected chi connectivity index (χ3v) is 2.71. The van der Waals surface area contributed by atoms with Gasteiger partial charge in [0, 0.05) is 12.3 Å². The van der Waals surface area contributed by atoms with Gasteiger partial charge in [-0.05, 0) is 36.8 Å². The molecular formula is C16H16N2O3. The van der Waals surface area contributed by atoms with E-state index in [2.05, 4.69) is 5.32 Å². The zero-order valence-electron chi connectivity index (χ0n) is 11.5. The lowest BCUT2D eigenvalue weighted by atomic mass is 10.2. The fourth-order valence-corrected chi connectivity index (χ4v) is 1.72. The van der Waals surface area contributed by atoms with Crippen molar-refractivity contribution in [1.29, 1.82) is 0 Å². The summed E-state index contributed by atoms with van der Waals surface area (Å²) in [6.07, 6.45) is 2.64. The van der Waals surface area contributed by atoms with Crippen LogP contribution in [0.4, 0.5) is 5.69 Å². The topological polar surface area (TPSA) is 84.6 Å². The Bertz CT molecular complexity index is 681. The van der Waals surface area contributed by atoms with Gasteiger partial charge in [0.05, 0.1) is 5.69 Å². The van der Waals surface area contributed by atoms with Crippen LogP contribution in [0.15, 0.2) is 54.7 Å². The van der Waals surface area contributed by atoms with Crippen molar-refractivity contribution in [1.82, 2.24) is 0 Å². The van der Waals surface area contributed by atoms with Crippen molar-refractivity contribution in [2.75, 3.05) is 5.32 Å². The lowest BCUT2D eigenvalue weighted by Crippen LogP contribution is -2.06. The molecule has 2 rings (SSSR count). The highest BCUT2D eigenvalue weighted by molar-refractivity contribution is 5.86. The van der Waals surface area contributed by atoms with Gasteiger partial charge < -0.3 is 20.9 Å². The van der Waals surface area contributed by atoms with Crippen molar-refractivity contribution >= 4 is 11.6 Å². The van der Waals surface area contributed by atoms with Crippen molar-refractivity contribution in [3.8, 4) is 17.2 Å². The summed E-state index contributed by atoms with van der Waals surface area (Å²) in [5.41, 5.74) is 6.61. The molecular weight excluding hydrogens is 268 g/mol. The largest absolute Gasteiger partial charge is 0.504 e. The molecule has 5 nitrogen and oxygen atoms in total. The molecule has 0 aliphatic heterocycles. The number of primary amides is 1. The van der Waals surface area contributed by atoms with Crippen LogP contribution in [0, 0.1) is 6.92 Å². The van der Waals surface area contributed by atoms with Gasteiger partial charge in [-0.25, -0.2) is 0 Å². The molecule has 0 spiro atoms. The van der Waals surface area contributed by atoms with Crippen molar-refractivity contribution in [2.24, 2.45) is 5.73 Å². The van der Waals surface area contributed by atoms with E-state index >= 15 is 0 Å². The summed E-state index contributed by atoms with van der Waals surface area (Å²) in [7, 11) is 0. The van der Waals surface area contributed by atoms with Gasteiger partial charge in [-0.2, -0.15) is 0 Å². The van der Waals surface area contributed by atoms with Crippen LogP contribution in [0.5, 0.6) is 17.2 Å². The number of hydrogen-bond donors (Lipinski definition) is 3. The summed E-state index contributed by atoms with van der Waals surface area (Å²) in [6.45, 7) is 1.88. The summed E-state index contributed by atoms with van der Waals surface area (Å²) in [6, 6.07) is 12.3. The molecule has 1 amide bonds. The maximum absolute atomic E-state index is 10.7. The van der Waals surface area contributed by atoms with E-state index in [0.717, 1.165) is 5.56 Å². The van der Waals surface area contributed by atoms with Crippen LogP contribution in [0.25, 0.3) is 0 Å². The van der Waals surface area contributed by atoms with Crippen LogP contribution in [0.1, 0.15) is 5.56 Å². The molecule has 0 saturated heterocycles. The average molecular weight is 284 g/mol. The van der Waals surface area contributed by atoms with Crippen LogP contribution < -0.4 is 15.8 Å². The number of nitrogens with one attached hydrogen (secondary N) is 1. The molecule has 21 heavy (non-hydrogen) atoms. The van der Waals surface area contributed by atoms with Crippen LogP contribution in [0.3, 0.4) is 0 Å². The Balaban J connectivity index is 2.21. The molecule has 0 aliphatic rings. The molecule has 0 heterocycles. The summed E-state index contributed by atoms with van der Waals surface area (Å²) >= 11 is 0. The number of rotatable bonds is 5. The second-order valence-corrected chi connectivity index (χ2v) is 4.45. The van der Waals surface area contributed by atoms with Crippen LogP contribution in [0.2, 0.25) is 0 Å². The molecule has 4 N–H and O–H groups in total. The van der Waals surface area contributed by atoms with Crippen LogP contribution >= 0.6 is 0 Å². The van der Waals surface area contributed by atoms with E-state index in [4.69, 9.17) is 10.5 Å². The number of phenolic OH excluding ortho intramolecular Hbond substituents is 1. The number of nitrogens with two attached hydrogens (primary N) is 1. The summed E-state index contributed by atoms with van der Waals surface area (Å²) in [5, 5.41) is 12.8. The second kappa shape index (κ2) is 6.47. The first-order chi connectivity index (χ1) is 10.1. The summed E-state index contributed by atoms with van der Waals surface area (Å²) < 4.78 is 5.69. The molecule has 2 aromatic rings. The Morgan fingerprint density at radius 1 is 1.24 bits per heavy atom. The summed E-state index contributed by atoms with van der Waals surface area (Å²) in [4.78, 5) is 10.7. The highest BCUT2D eigenvalue weighted by Gasteiger charge is 2.07. The highest BCUT2D eigenvalue weighted by atomic mass is 16.5. The van der Waals surface area contributed by atoms with Gasteiger partial charge in [-0.15, -0.1) is 0 Å². The maximum atomic E-state index is 10.7. The average Bonchev–Trinajstić information content (AvgIpc) is 2.43. The van der Waals surface area contributed by atoms with Crippen molar-refractivity contribution in [3.05, 3.63) is 60.3 Å². The standard InChI is InChI=1S/C16H16N2O3/c1-11-6-7-15(13(19)10-11)21-14-5-3-2-4-12(14)18-9-8-16(17)20/h2-10,18-19H,1H3,(H2,17,20)/b9-8-. The van der Waals surface area contributed by atoms with E-state index in [1.165, 1.54) is 12.3 Å². The third kappa shape index (κ3) is 4.01. The van der Waals surface area contributed by atoms with Crippen LogP contribution in [-0.2, 0) is 4.79 Å². The SMILES string of the molecule is Cc1ccc(Oc2ccccc2N/C=C\C(N)=O)c(O)c1. The predicted molar refractivity (Wildman–Crippen MR) is 81.3 cm³/mol. The Kier molecular flexibility index (Phi) is 4.46. The number of para-hydroxylation sites is 2. The molecule has 0 aromatic heterocycles. The lowest BCUT2D eigenvalue weighted by molar-refractivity contribution is -0.113. The van der Waals surface area contributed by atoms with Gasteiger partial charge in [0.2, 0.25) is 5.91 Å². The van der Waals surface area contributed by atoms with E-state index < -0.39 is 5.91 Å². The van der Waals surface area contributed by atoms with E-state index in [1.54, 1.807) is 24.3 Å². The minimum atomic E-state index is -0.544. The molecule has 108 valence electrons. The van der Waals surface area contributed by atoms with Crippen molar-refractivity contribution in [2.45, 2.75) is 6.92 Å². The number of benzene rings is 2. The number of anilines is 1. The molecule has 2 aromatic carbocycles. The predicted octanol–water partition coefficient (Wildman–Crippen LogP) is 2.90. The normalized spacial score (nSPS) is 10.5. The van der Waals surface area contributed by atoms with Gasteiger partial charge in [-0.1, -0.05) is 18.2 Å². The Hall–Kier alpha value is -2.95. The Morgan fingerprint density at radius 3 is 2.71 bits per heavy atom. The molecule has 0 fully saturated rings. The number of aryl methyl sites for hydroxylation is 1. The maximum Gasteiger partial charge on any atom is 0.242 e. The minimum absolute atomic E-state index is 0.0671. The van der Waals surface area contributed by atoms with E-state index in [1.807, 2.05) is 25.1 Å². The molecule has 0 bridgehead atoms. The molecule has 5 heteroatoms. The third-order valence-electron chi connectivity index (χ3n) is 2.71. The molecule has 0 saturated carbocycles. The Morgan fingerprint density at radius 2 is 2.00 bits per heavy atom. The number of phenols is 1. The van der Waals surface area contributed by atoms with Gasteiger partial charge in [-0.3, -0.25) is 4.79 Å². The number of aromatic hydroxyl groups is 1. The fraction of sp³-hybridized carbons (Fsp3) is 0.0625. The first kappa shape index (κ1) is 14.5. The van der Waals surface area contributed by atoms with E-state index in [9.17, 15) is 9.90 Å². The zero-order chi connectivity index (χ0) is 15.2. The highest BCUT2D eigenvalue weighted by Crippen LogP contribution is 2.34. The van der Waals surface area contributed by atoms with E-state index in [-0.39, 0.29) is 5.75 Å². The molecule has 0 radical (unpaired) electrons. The van der Waals surface area contributed by atoms with E-state index in [0.29, 0.717) is 17.2 Å². The van der Waals surface area contributed by atoms with Gasteiger partial charge in [0.15, 0.2) is 17.2 Å². The number of hydrogen-bond acceptors (Lipinski definition) is 4. The number of ether oxygens (including phenoxy) is 1. The van der Waals surface area contributed by atoms with Gasteiger partial charge >= 0.3 is 0 Å².